The molecule has 134 valence electrons. The van der Waals surface area contributed by atoms with Crippen LogP contribution in [0.15, 0.2) is 52.3 Å². The van der Waals surface area contributed by atoms with Gasteiger partial charge in [-0.05, 0) is 35.9 Å². The minimum atomic E-state index is -3.50. The molecular formula is C17H20N2O5S. The largest absolute Gasteiger partial charge is 0.489 e. The van der Waals surface area contributed by atoms with Crippen molar-refractivity contribution in [2.75, 3.05) is 26.3 Å². The molecule has 1 saturated heterocycles. The monoisotopic (exact) mass is 364 g/mol. The van der Waals surface area contributed by atoms with Crippen LogP contribution in [0.4, 0.5) is 0 Å². The van der Waals surface area contributed by atoms with Crippen molar-refractivity contribution in [2.24, 2.45) is 7.05 Å². The van der Waals surface area contributed by atoms with Gasteiger partial charge in [0.05, 0.1) is 18.1 Å². The molecule has 0 spiro atoms. The van der Waals surface area contributed by atoms with Crippen LogP contribution in [0, 0.1) is 0 Å². The Morgan fingerprint density at radius 2 is 1.80 bits per heavy atom. The Morgan fingerprint density at radius 1 is 1.12 bits per heavy atom. The first-order chi connectivity index (χ1) is 12.0. The van der Waals surface area contributed by atoms with E-state index >= 15 is 0 Å². The summed E-state index contributed by atoms with van der Waals surface area (Å²) in [7, 11) is -1.82. The summed E-state index contributed by atoms with van der Waals surface area (Å²) in [5.74, 6) is 0.543. The summed E-state index contributed by atoms with van der Waals surface area (Å²) < 4.78 is 38.8. The standard InChI is InChI=1S/C17H20N2O5S/c1-18-7-6-14(12-17(18)20)13-24-15-2-4-16(5-3-15)25(21,22)19-8-10-23-11-9-19/h2-7,12H,8-11,13H2,1H3. The molecule has 0 aliphatic carbocycles. The average molecular weight is 364 g/mol. The van der Waals surface area contributed by atoms with Crippen LogP contribution in [-0.4, -0.2) is 43.6 Å². The topological polar surface area (TPSA) is 77.8 Å². The number of pyridine rings is 1. The van der Waals surface area contributed by atoms with Crippen LogP contribution in [0.25, 0.3) is 0 Å². The third-order valence-corrected chi connectivity index (χ3v) is 5.92. The zero-order valence-corrected chi connectivity index (χ0v) is 14.7. The molecule has 3 rings (SSSR count). The Labute approximate surface area is 146 Å². The van der Waals surface area contributed by atoms with Gasteiger partial charge in [-0.1, -0.05) is 0 Å². The number of rotatable bonds is 5. The lowest BCUT2D eigenvalue weighted by atomic mass is 10.3. The lowest BCUT2D eigenvalue weighted by Gasteiger charge is -2.26. The molecule has 0 N–H and O–H groups in total. The minimum Gasteiger partial charge on any atom is -0.489 e. The van der Waals surface area contributed by atoms with E-state index in [0.29, 0.717) is 32.1 Å². The first-order valence-electron chi connectivity index (χ1n) is 7.93. The van der Waals surface area contributed by atoms with Crippen LogP contribution in [0.2, 0.25) is 0 Å². The van der Waals surface area contributed by atoms with Crippen LogP contribution in [0.3, 0.4) is 0 Å². The van der Waals surface area contributed by atoms with Gasteiger partial charge >= 0.3 is 0 Å². The summed E-state index contributed by atoms with van der Waals surface area (Å²) in [5, 5.41) is 0. The maximum atomic E-state index is 12.5. The fourth-order valence-electron chi connectivity index (χ4n) is 2.49. The number of nitrogens with zero attached hydrogens (tertiary/aromatic N) is 2. The van der Waals surface area contributed by atoms with Crippen LogP contribution in [-0.2, 0) is 28.4 Å². The van der Waals surface area contributed by atoms with Gasteiger partial charge in [-0.2, -0.15) is 4.31 Å². The van der Waals surface area contributed by atoms with Crippen molar-refractivity contribution in [3.63, 3.8) is 0 Å². The number of sulfonamides is 1. The zero-order chi connectivity index (χ0) is 17.9. The highest BCUT2D eigenvalue weighted by molar-refractivity contribution is 7.89. The summed E-state index contributed by atoms with van der Waals surface area (Å²) in [5.41, 5.74) is 0.654. The van der Waals surface area contributed by atoms with Gasteiger partial charge < -0.3 is 14.0 Å². The number of ether oxygens (including phenoxy) is 2. The van der Waals surface area contributed by atoms with Gasteiger partial charge in [-0.15, -0.1) is 0 Å². The van der Waals surface area contributed by atoms with E-state index in [1.807, 2.05) is 0 Å². The van der Waals surface area contributed by atoms with Crippen molar-refractivity contribution in [2.45, 2.75) is 11.5 Å². The molecule has 0 radical (unpaired) electrons. The van der Waals surface area contributed by atoms with Gasteiger partial charge in [0.15, 0.2) is 0 Å². The first kappa shape index (κ1) is 17.7. The molecule has 1 aromatic heterocycles. The van der Waals surface area contributed by atoms with Crippen molar-refractivity contribution in [1.82, 2.24) is 8.87 Å². The van der Waals surface area contributed by atoms with Crippen LogP contribution < -0.4 is 10.3 Å². The van der Waals surface area contributed by atoms with E-state index in [9.17, 15) is 13.2 Å². The molecular weight excluding hydrogens is 344 g/mol. The highest BCUT2D eigenvalue weighted by atomic mass is 32.2. The Morgan fingerprint density at radius 3 is 2.44 bits per heavy atom. The average Bonchev–Trinajstić information content (AvgIpc) is 2.64. The second kappa shape index (κ2) is 7.38. The molecule has 1 aliphatic rings. The summed E-state index contributed by atoms with van der Waals surface area (Å²) in [4.78, 5) is 11.8. The summed E-state index contributed by atoms with van der Waals surface area (Å²) >= 11 is 0. The van der Waals surface area contributed by atoms with Gasteiger partial charge in [-0.25, -0.2) is 8.42 Å². The fourth-order valence-corrected chi connectivity index (χ4v) is 3.90. The van der Waals surface area contributed by atoms with Crippen LogP contribution in [0.1, 0.15) is 5.56 Å². The molecule has 0 amide bonds. The molecule has 2 heterocycles. The molecule has 0 atom stereocenters. The summed E-state index contributed by atoms with van der Waals surface area (Å²) in [6, 6.07) is 9.62. The molecule has 1 aromatic carbocycles. The van der Waals surface area contributed by atoms with Crippen LogP contribution >= 0.6 is 0 Å². The second-order valence-corrected chi connectivity index (χ2v) is 7.70. The van der Waals surface area contributed by atoms with E-state index in [0.717, 1.165) is 5.56 Å². The van der Waals surface area contributed by atoms with Crippen LogP contribution in [0.5, 0.6) is 5.75 Å². The molecule has 7 nitrogen and oxygen atoms in total. The predicted octanol–water partition coefficient (Wildman–Crippen LogP) is 0.985. The van der Waals surface area contributed by atoms with Gasteiger partial charge in [0.25, 0.3) is 5.56 Å². The van der Waals surface area contributed by atoms with Gasteiger partial charge in [0.2, 0.25) is 10.0 Å². The molecule has 0 bridgehead atoms. The smallest absolute Gasteiger partial charge is 0.250 e. The lowest BCUT2D eigenvalue weighted by molar-refractivity contribution is 0.0730. The van der Waals surface area contributed by atoms with Crippen molar-refractivity contribution in [1.29, 1.82) is 0 Å². The highest BCUT2D eigenvalue weighted by Crippen LogP contribution is 2.21. The molecule has 25 heavy (non-hydrogen) atoms. The van der Waals surface area contributed by atoms with Gasteiger partial charge in [-0.3, -0.25) is 4.79 Å². The summed E-state index contributed by atoms with van der Waals surface area (Å²) in [6.07, 6.45) is 1.68. The highest BCUT2D eigenvalue weighted by Gasteiger charge is 2.26. The fraction of sp³-hybridized carbons (Fsp3) is 0.353. The molecule has 1 fully saturated rings. The van der Waals surface area contributed by atoms with Gasteiger partial charge in [0.1, 0.15) is 12.4 Å². The second-order valence-electron chi connectivity index (χ2n) is 5.76. The molecule has 0 saturated carbocycles. The number of hydrogen-bond donors (Lipinski definition) is 0. The van der Waals surface area contributed by atoms with Crippen molar-refractivity contribution in [3.05, 3.63) is 58.5 Å². The predicted molar refractivity (Wildman–Crippen MR) is 92.0 cm³/mol. The minimum absolute atomic E-state index is 0.104. The number of benzene rings is 1. The number of aromatic nitrogens is 1. The SMILES string of the molecule is Cn1ccc(COc2ccc(S(=O)(=O)N3CCOCC3)cc2)cc1=O. The summed E-state index contributed by atoms with van der Waals surface area (Å²) in [6.45, 7) is 1.80. The number of hydrogen-bond acceptors (Lipinski definition) is 5. The molecule has 1 aliphatic heterocycles. The quantitative estimate of drug-likeness (QED) is 0.791. The Kier molecular flexibility index (Phi) is 5.22. The van der Waals surface area contributed by atoms with Gasteiger partial charge in [0, 0.05) is 32.4 Å². The van der Waals surface area contributed by atoms with E-state index < -0.39 is 10.0 Å². The molecule has 8 heteroatoms. The third kappa shape index (κ3) is 4.09. The Bertz CT molecular complexity index is 884. The van der Waals surface area contributed by atoms with E-state index in [1.165, 1.54) is 27.1 Å². The zero-order valence-electron chi connectivity index (χ0n) is 13.9. The third-order valence-electron chi connectivity index (χ3n) is 4.01. The van der Waals surface area contributed by atoms with E-state index in [1.54, 1.807) is 31.4 Å². The van der Waals surface area contributed by atoms with Crippen molar-refractivity contribution < 1.29 is 17.9 Å². The lowest BCUT2D eigenvalue weighted by Crippen LogP contribution is -2.40. The number of aryl methyl sites for hydroxylation is 1. The normalized spacial score (nSPS) is 15.9. The Balaban J connectivity index is 1.67. The molecule has 2 aromatic rings. The maximum absolute atomic E-state index is 12.5. The van der Waals surface area contributed by atoms with E-state index in [-0.39, 0.29) is 17.1 Å². The maximum Gasteiger partial charge on any atom is 0.250 e. The molecule has 0 unspecified atom stereocenters. The van der Waals surface area contributed by atoms with E-state index in [4.69, 9.17) is 9.47 Å². The first-order valence-corrected chi connectivity index (χ1v) is 9.37. The van der Waals surface area contributed by atoms with Crippen molar-refractivity contribution >= 4 is 10.0 Å². The Hall–Kier alpha value is -2.16. The van der Waals surface area contributed by atoms with E-state index in [2.05, 4.69) is 0 Å². The number of morpholine rings is 1. The van der Waals surface area contributed by atoms with Crippen molar-refractivity contribution in [3.8, 4) is 5.75 Å².